The van der Waals surface area contributed by atoms with Crippen molar-refractivity contribution in [2.24, 2.45) is 5.92 Å². The Balaban J connectivity index is 1.78. The van der Waals surface area contributed by atoms with Crippen molar-refractivity contribution in [1.82, 2.24) is 5.32 Å². The van der Waals surface area contributed by atoms with Gasteiger partial charge in [-0.05, 0) is 47.7 Å². The third kappa shape index (κ3) is 4.79. The van der Waals surface area contributed by atoms with Crippen molar-refractivity contribution in [2.75, 3.05) is 4.72 Å². The van der Waals surface area contributed by atoms with E-state index in [4.69, 9.17) is 0 Å². The van der Waals surface area contributed by atoms with E-state index >= 15 is 0 Å². The Morgan fingerprint density at radius 1 is 0.964 bits per heavy atom. The first kappa shape index (κ1) is 20.1. The Morgan fingerprint density at radius 3 is 2.36 bits per heavy atom. The van der Waals surface area contributed by atoms with Crippen LogP contribution in [0.5, 0.6) is 0 Å². The zero-order chi connectivity index (χ0) is 20.1. The highest BCUT2D eigenvalue weighted by molar-refractivity contribution is 7.92. The van der Waals surface area contributed by atoms with E-state index in [9.17, 15) is 13.2 Å². The molecule has 0 saturated carbocycles. The first-order valence-corrected chi connectivity index (χ1v) is 11.3. The van der Waals surface area contributed by atoms with Gasteiger partial charge in [0.1, 0.15) is 0 Å². The minimum Gasteiger partial charge on any atom is -0.344 e. The van der Waals surface area contributed by atoms with Gasteiger partial charge in [0, 0.05) is 16.1 Å². The van der Waals surface area contributed by atoms with Gasteiger partial charge in [-0.3, -0.25) is 9.52 Å². The van der Waals surface area contributed by atoms with Crippen LogP contribution in [0.15, 0.2) is 77.0 Å². The molecule has 3 aromatic rings. The summed E-state index contributed by atoms with van der Waals surface area (Å²) in [4.78, 5) is 14.0. The molecule has 1 amide bonds. The molecule has 28 heavy (non-hydrogen) atoms. The second-order valence-electron chi connectivity index (χ2n) is 6.71. The summed E-state index contributed by atoms with van der Waals surface area (Å²) in [6.45, 7) is 4.10. The van der Waals surface area contributed by atoms with E-state index in [1.165, 1.54) is 12.1 Å². The highest BCUT2D eigenvalue weighted by atomic mass is 32.2. The number of carbonyl (C=O) groups is 1. The molecule has 2 aromatic carbocycles. The van der Waals surface area contributed by atoms with Crippen LogP contribution in [0.3, 0.4) is 0 Å². The largest absolute Gasteiger partial charge is 0.344 e. The number of amides is 1. The summed E-state index contributed by atoms with van der Waals surface area (Å²) in [6.07, 6.45) is 0. The second-order valence-corrected chi connectivity index (χ2v) is 9.37. The smallest absolute Gasteiger partial charge is 0.261 e. The second kappa shape index (κ2) is 8.58. The van der Waals surface area contributed by atoms with Gasteiger partial charge in [0.15, 0.2) is 0 Å². The summed E-state index contributed by atoms with van der Waals surface area (Å²) >= 11 is 1.60. The first-order chi connectivity index (χ1) is 13.4. The van der Waals surface area contributed by atoms with Gasteiger partial charge in [-0.15, -0.1) is 11.3 Å². The lowest BCUT2D eigenvalue weighted by molar-refractivity contribution is 0.0926. The number of benzene rings is 2. The summed E-state index contributed by atoms with van der Waals surface area (Å²) in [6, 6.07) is 18.5. The standard InChI is InChI=1S/C21H22N2O3S2/c1-15(2)20(19-12-7-13-27-19)22-21(24)16-8-6-9-17(14-16)23-28(25,26)18-10-4-3-5-11-18/h3-15,20,23H,1-2H3,(H,22,24)/t20-/m1/s1. The molecular weight excluding hydrogens is 392 g/mol. The molecule has 1 aromatic heterocycles. The van der Waals surface area contributed by atoms with E-state index in [2.05, 4.69) is 23.9 Å². The van der Waals surface area contributed by atoms with Crippen molar-refractivity contribution in [3.05, 3.63) is 82.6 Å². The summed E-state index contributed by atoms with van der Waals surface area (Å²) in [5, 5.41) is 5.03. The minimum absolute atomic E-state index is 0.0998. The Morgan fingerprint density at radius 2 is 1.71 bits per heavy atom. The van der Waals surface area contributed by atoms with Crippen LogP contribution in [0.4, 0.5) is 5.69 Å². The number of hydrogen-bond acceptors (Lipinski definition) is 4. The minimum atomic E-state index is -3.71. The predicted molar refractivity (Wildman–Crippen MR) is 113 cm³/mol. The fraction of sp³-hybridized carbons (Fsp3) is 0.190. The van der Waals surface area contributed by atoms with E-state index in [1.807, 2.05) is 17.5 Å². The normalized spacial score (nSPS) is 12.5. The van der Waals surface area contributed by atoms with Crippen molar-refractivity contribution in [1.29, 1.82) is 0 Å². The molecule has 0 saturated heterocycles. The molecule has 7 heteroatoms. The number of thiophene rings is 1. The quantitative estimate of drug-likeness (QED) is 0.590. The third-order valence-corrected chi connectivity index (χ3v) is 6.59. The van der Waals surface area contributed by atoms with Crippen molar-refractivity contribution >= 4 is 33.0 Å². The zero-order valence-electron chi connectivity index (χ0n) is 15.6. The Labute approximate surface area is 169 Å². The summed E-state index contributed by atoms with van der Waals surface area (Å²) in [7, 11) is -3.71. The molecule has 146 valence electrons. The maximum atomic E-state index is 12.8. The molecule has 3 rings (SSSR count). The lowest BCUT2D eigenvalue weighted by Gasteiger charge is -2.21. The number of sulfonamides is 1. The molecule has 0 bridgehead atoms. The van der Waals surface area contributed by atoms with E-state index in [-0.39, 0.29) is 22.8 Å². The van der Waals surface area contributed by atoms with Crippen molar-refractivity contribution in [3.8, 4) is 0 Å². The molecule has 2 N–H and O–H groups in total. The molecule has 1 atom stereocenters. The van der Waals surface area contributed by atoms with Crippen LogP contribution < -0.4 is 10.0 Å². The average molecular weight is 415 g/mol. The van der Waals surface area contributed by atoms with Crippen LogP contribution in [0.25, 0.3) is 0 Å². The van der Waals surface area contributed by atoms with Gasteiger partial charge in [0.05, 0.1) is 10.9 Å². The molecule has 0 spiro atoms. The van der Waals surface area contributed by atoms with Crippen molar-refractivity contribution in [2.45, 2.75) is 24.8 Å². The highest BCUT2D eigenvalue weighted by Crippen LogP contribution is 2.26. The predicted octanol–water partition coefficient (Wildman–Crippen LogP) is 4.68. The number of rotatable bonds is 7. The van der Waals surface area contributed by atoms with Gasteiger partial charge in [-0.25, -0.2) is 8.42 Å². The fourth-order valence-corrected chi connectivity index (χ4v) is 4.82. The van der Waals surface area contributed by atoms with Gasteiger partial charge < -0.3 is 5.32 Å². The number of hydrogen-bond donors (Lipinski definition) is 2. The van der Waals surface area contributed by atoms with Gasteiger partial charge in [0.2, 0.25) is 0 Å². The van der Waals surface area contributed by atoms with Crippen LogP contribution in [-0.4, -0.2) is 14.3 Å². The average Bonchev–Trinajstić information content (AvgIpc) is 3.20. The lowest BCUT2D eigenvalue weighted by atomic mass is 10.0. The maximum Gasteiger partial charge on any atom is 0.261 e. The molecule has 0 aliphatic rings. The molecule has 5 nitrogen and oxygen atoms in total. The van der Waals surface area contributed by atoms with E-state index in [0.29, 0.717) is 11.3 Å². The van der Waals surface area contributed by atoms with E-state index in [0.717, 1.165) is 4.88 Å². The van der Waals surface area contributed by atoms with Gasteiger partial charge >= 0.3 is 0 Å². The van der Waals surface area contributed by atoms with Crippen molar-refractivity contribution < 1.29 is 13.2 Å². The summed E-state index contributed by atoms with van der Waals surface area (Å²) in [5.74, 6) is -0.0183. The number of nitrogens with one attached hydrogen (secondary N) is 2. The number of anilines is 1. The van der Waals surface area contributed by atoms with Crippen LogP contribution in [0.1, 0.15) is 35.1 Å². The van der Waals surface area contributed by atoms with Crippen LogP contribution in [-0.2, 0) is 10.0 Å². The van der Waals surface area contributed by atoms with Crippen LogP contribution in [0.2, 0.25) is 0 Å². The Bertz CT molecular complexity index is 1030. The lowest BCUT2D eigenvalue weighted by Crippen LogP contribution is -2.31. The van der Waals surface area contributed by atoms with E-state index in [1.54, 1.807) is 53.8 Å². The molecule has 0 unspecified atom stereocenters. The van der Waals surface area contributed by atoms with E-state index < -0.39 is 10.0 Å². The molecule has 0 aliphatic heterocycles. The monoisotopic (exact) mass is 414 g/mol. The SMILES string of the molecule is CC(C)[C@@H](NC(=O)c1cccc(NS(=O)(=O)c2ccccc2)c1)c1cccs1. The molecular formula is C21H22N2O3S2. The Hall–Kier alpha value is -2.64. The van der Waals surface area contributed by atoms with Gasteiger partial charge in [-0.1, -0.05) is 44.2 Å². The Kier molecular flexibility index (Phi) is 6.16. The highest BCUT2D eigenvalue weighted by Gasteiger charge is 2.20. The topological polar surface area (TPSA) is 75.3 Å². The molecule has 0 fully saturated rings. The molecule has 1 heterocycles. The van der Waals surface area contributed by atoms with Gasteiger partial charge in [-0.2, -0.15) is 0 Å². The van der Waals surface area contributed by atoms with Crippen LogP contribution in [0, 0.1) is 5.92 Å². The van der Waals surface area contributed by atoms with Crippen molar-refractivity contribution in [3.63, 3.8) is 0 Å². The third-order valence-electron chi connectivity index (χ3n) is 4.23. The fourth-order valence-electron chi connectivity index (χ4n) is 2.80. The zero-order valence-corrected chi connectivity index (χ0v) is 17.3. The molecule has 0 radical (unpaired) electrons. The maximum absolute atomic E-state index is 12.8. The summed E-state index contributed by atoms with van der Waals surface area (Å²) < 4.78 is 27.5. The molecule has 0 aliphatic carbocycles. The van der Waals surface area contributed by atoms with Gasteiger partial charge in [0.25, 0.3) is 15.9 Å². The van der Waals surface area contributed by atoms with Crippen LogP contribution >= 0.6 is 11.3 Å². The number of carbonyl (C=O) groups excluding carboxylic acids is 1. The first-order valence-electron chi connectivity index (χ1n) is 8.89. The summed E-state index contributed by atoms with van der Waals surface area (Å²) in [5.41, 5.74) is 0.740.